The number of nitrogens with one attached hydrogen (secondary N) is 2. The topological polar surface area (TPSA) is 158 Å². The quantitative estimate of drug-likeness (QED) is 0.168. The SMILES string of the molecule is CCC[C@H]1CN[C@H](C(=O)N[C@@H]([C@H]2O[C@H](SCCOC(=O)c3ccc(Cl)cc3)[C@H](O)[C@@H](O)[C@H]2O)[C@@H](C)O)C1. The molecule has 2 heterocycles. The fourth-order valence-corrected chi connectivity index (χ4v) is 5.76. The van der Waals surface area contributed by atoms with Crippen LogP contribution in [-0.2, 0) is 14.3 Å². The second-order valence-corrected chi connectivity index (χ2v) is 11.2. The van der Waals surface area contributed by atoms with Crippen molar-refractivity contribution in [2.24, 2.45) is 5.92 Å². The van der Waals surface area contributed by atoms with Crippen molar-refractivity contribution in [1.82, 2.24) is 10.6 Å². The molecule has 37 heavy (non-hydrogen) atoms. The number of amides is 1. The number of hydrogen-bond acceptors (Lipinski definition) is 10. The number of rotatable bonds is 11. The number of carbonyl (C=O) groups excluding carboxylic acids is 2. The molecule has 9 atom stereocenters. The lowest BCUT2D eigenvalue weighted by atomic mass is 9.92. The molecule has 208 valence electrons. The Hall–Kier alpha value is -1.44. The van der Waals surface area contributed by atoms with Crippen LogP contribution in [0.3, 0.4) is 0 Å². The van der Waals surface area contributed by atoms with E-state index in [0.717, 1.165) is 31.1 Å². The first kappa shape index (κ1) is 30.1. The normalized spacial score (nSPS) is 31.5. The number of benzene rings is 1. The molecular formula is C25H37ClN2O8S. The molecule has 10 nitrogen and oxygen atoms in total. The molecule has 1 amide bonds. The lowest BCUT2D eigenvalue weighted by Gasteiger charge is -2.44. The second-order valence-electron chi connectivity index (χ2n) is 9.58. The van der Waals surface area contributed by atoms with E-state index in [1.165, 1.54) is 6.92 Å². The lowest BCUT2D eigenvalue weighted by molar-refractivity contribution is -0.211. The van der Waals surface area contributed by atoms with E-state index in [1.807, 2.05) is 0 Å². The van der Waals surface area contributed by atoms with Gasteiger partial charge in [-0.3, -0.25) is 4.79 Å². The van der Waals surface area contributed by atoms with Gasteiger partial charge < -0.3 is 40.5 Å². The van der Waals surface area contributed by atoms with Crippen molar-refractivity contribution in [2.45, 2.75) is 81.1 Å². The Balaban J connectivity index is 1.56. The predicted molar refractivity (Wildman–Crippen MR) is 139 cm³/mol. The molecule has 2 saturated heterocycles. The average Bonchev–Trinajstić information content (AvgIpc) is 3.34. The molecule has 0 bridgehead atoms. The first-order valence-corrected chi connectivity index (χ1v) is 14.0. The van der Waals surface area contributed by atoms with Crippen molar-refractivity contribution >= 4 is 35.2 Å². The summed E-state index contributed by atoms with van der Waals surface area (Å²) < 4.78 is 11.1. The Morgan fingerprint density at radius 3 is 2.57 bits per heavy atom. The molecule has 0 radical (unpaired) electrons. The van der Waals surface area contributed by atoms with Gasteiger partial charge in [0.1, 0.15) is 36.5 Å². The number of aliphatic hydroxyl groups is 4. The lowest BCUT2D eigenvalue weighted by Crippen LogP contribution is -2.65. The molecule has 2 aliphatic rings. The van der Waals surface area contributed by atoms with Gasteiger partial charge in [-0.1, -0.05) is 24.9 Å². The van der Waals surface area contributed by atoms with Crippen LogP contribution in [0.5, 0.6) is 0 Å². The molecule has 0 aliphatic carbocycles. The smallest absolute Gasteiger partial charge is 0.338 e. The van der Waals surface area contributed by atoms with E-state index < -0.39 is 54.0 Å². The maximum Gasteiger partial charge on any atom is 0.338 e. The zero-order valence-electron chi connectivity index (χ0n) is 21.0. The molecule has 2 fully saturated rings. The Morgan fingerprint density at radius 2 is 1.92 bits per heavy atom. The van der Waals surface area contributed by atoms with Gasteiger partial charge in [0.15, 0.2) is 0 Å². The van der Waals surface area contributed by atoms with Crippen molar-refractivity contribution in [2.75, 3.05) is 18.9 Å². The number of aliphatic hydroxyl groups excluding tert-OH is 4. The van der Waals surface area contributed by atoms with E-state index in [0.29, 0.717) is 22.9 Å². The molecule has 1 aromatic rings. The fourth-order valence-electron chi connectivity index (χ4n) is 4.66. The number of esters is 1. The largest absolute Gasteiger partial charge is 0.461 e. The van der Waals surface area contributed by atoms with Crippen LogP contribution in [0.1, 0.15) is 43.5 Å². The highest BCUT2D eigenvalue weighted by molar-refractivity contribution is 7.99. The van der Waals surface area contributed by atoms with E-state index in [-0.39, 0.29) is 18.3 Å². The summed E-state index contributed by atoms with van der Waals surface area (Å²) in [5.74, 6) is -0.227. The van der Waals surface area contributed by atoms with E-state index in [9.17, 15) is 30.0 Å². The van der Waals surface area contributed by atoms with Crippen molar-refractivity contribution in [3.05, 3.63) is 34.9 Å². The van der Waals surface area contributed by atoms with Crippen LogP contribution in [0.15, 0.2) is 24.3 Å². The van der Waals surface area contributed by atoms with Gasteiger partial charge in [-0.05, 0) is 56.5 Å². The number of ether oxygens (including phenoxy) is 2. The van der Waals surface area contributed by atoms with Crippen LogP contribution >= 0.6 is 23.4 Å². The van der Waals surface area contributed by atoms with Crippen LogP contribution in [0.4, 0.5) is 0 Å². The number of carbonyl (C=O) groups is 2. The summed E-state index contributed by atoms with van der Waals surface area (Å²) in [5, 5.41) is 48.4. The van der Waals surface area contributed by atoms with E-state index in [1.54, 1.807) is 24.3 Å². The van der Waals surface area contributed by atoms with Gasteiger partial charge >= 0.3 is 5.97 Å². The van der Waals surface area contributed by atoms with Crippen LogP contribution in [0.2, 0.25) is 5.02 Å². The highest BCUT2D eigenvalue weighted by atomic mass is 35.5. The molecule has 3 rings (SSSR count). The van der Waals surface area contributed by atoms with E-state index in [4.69, 9.17) is 21.1 Å². The van der Waals surface area contributed by atoms with Crippen molar-refractivity contribution in [3.8, 4) is 0 Å². The minimum Gasteiger partial charge on any atom is -0.461 e. The van der Waals surface area contributed by atoms with Gasteiger partial charge in [-0.2, -0.15) is 0 Å². The molecular weight excluding hydrogens is 524 g/mol. The van der Waals surface area contributed by atoms with Gasteiger partial charge in [0.05, 0.1) is 23.8 Å². The average molecular weight is 561 g/mol. The summed E-state index contributed by atoms with van der Waals surface area (Å²) in [4.78, 5) is 25.1. The fraction of sp³-hybridized carbons (Fsp3) is 0.680. The third kappa shape index (κ3) is 8.03. The van der Waals surface area contributed by atoms with Gasteiger partial charge in [0, 0.05) is 10.8 Å². The molecule has 12 heteroatoms. The monoisotopic (exact) mass is 560 g/mol. The van der Waals surface area contributed by atoms with Gasteiger partial charge in [0.25, 0.3) is 0 Å². The first-order valence-electron chi connectivity index (χ1n) is 12.6. The van der Waals surface area contributed by atoms with Gasteiger partial charge in [-0.15, -0.1) is 11.8 Å². The van der Waals surface area contributed by atoms with Gasteiger partial charge in [0.2, 0.25) is 5.91 Å². The Morgan fingerprint density at radius 1 is 1.22 bits per heavy atom. The third-order valence-corrected chi connectivity index (χ3v) is 8.08. The van der Waals surface area contributed by atoms with Crippen molar-refractivity contribution in [3.63, 3.8) is 0 Å². The Bertz CT molecular complexity index is 892. The number of hydrogen-bond donors (Lipinski definition) is 6. The molecule has 0 unspecified atom stereocenters. The highest BCUT2D eigenvalue weighted by Gasteiger charge is 2.48. The molecule has 0 aromatic heterocycles. The second kappa shape index (κ2) is 14.1. The van der Waals surface area contributed by atoms with E-state index in [2.05, 4.69) is 17.6 Å². The standard InChI is InChI=1S/C25H37ClN2O8S/c1-3-4-14-11-17(27-12-14)23(33)28-18(13(2)29)22-20(31)19(30)21(32)25(36-22)37-10-9-35-24(34)15-5-7-16(26)8-6-15/h5-8,13-14,17-22,25,27,29-32H,3-4,9-12H2,1-2H3,(H,28,33)/t13-,14-,17+,18-,19+,20-,21-,22-,25-/m1/s1. The summed E-state index contributed by atoms with van der Waals surface area (Å²) in [6.45, 7) is 4.29. The predicted octanol–water partition coefficient (Wildman–Crippen LogP) is 0.681. The zero-order chi connectivity index (χ0) is 27.1. The summed E-state index contributed by atoms with van der Waals surface area (Å²) in [6.07, 6.45) is -4.11. The summed E-state index contributed by atoms with van der Waals surface area (Å²) in [6, 6.07) is 4.80. The maximum absolute atomic E-state index is 12.9. The summed E-state index contributed by atoms with van der Waals surface area (Å²) >= 11 is 6.91. The number of halogens is 1. The Labute approximate surface area is 226 Å². The first-order chi connectivity index (χ1) is 17.6. The van der Waals surface area contributed by atoms with Crippen molar-refractivity contribution < 1.29 is 39.5 Å². The summed E-state index contributed by atoms with van der Waals surface area (Å²) in [7, 11) is 0. The maximum atomic E-state index is 12.9. The Kier molecular flexibility index (Phi) is 11.5. The van der Waals surface area contributed by atoms with Crippen LogP contribution in [0.25, 0.3) is 0 Å². The highest BCUT2D eigenvalue weighted by Crippen LogP contribution is 2.31. The molecule has 1 aromatic carbocycles. The third-order valence-electron chi connectivity index (χ3n) is 6.70. The molecule has 0 spiro atoms. The molecule has 6 N–H and O–H groups in total. The van der Waals surface area contributed by atoms with Crippen molar-refractivity contribution in [1.29, 1.82) is 0 Å². The van der Waals surface area contributed by atoms with Gasteiger partial charge in [-0.25, -0.2) is 4.79 Å². The van der Waals surface area contributed by atoms with E-state index >= 15 is 0 Å². The minimum atomic E-state index is -1.57. The number of thioether (sulfide) groups is 1. The summed E-state index contributed by atoms with van der Waals surface area (Å²) in [5.41, 5.74) is -0.649. The molecule has 2 aliphatic heterocycles. The van der Waals surface area contributed by atoms with Crippen LogP contribution < -0.4 is 10.6 Å². The van der Waals surface area contributed by atoms with Crippen LogP contribution in [-0.4, -0.2) is 99.2 Å². The van der Waals surface area contributed by atoms with Crippen LogP contribution in [0, 0.1) is 5.92 Å². The molecule has 0 saturated carbocycles. The zero-order valence-corrected chi connectivity index (χ0v) is 22.5. The minimum absolute atomic E-state index is 0.00483.